The summed E-state index contributed by atoms with van der Waals surface area (Å²) in [6.07, 6.45) is 1.95. The molecular formula is C14H13FO6S. The highest BCUT2D eigenvalue weighted by Crippen LogP contribution is 2.25. The fourth-order valence-electron chi connectivity index (χ4n) is 1.85. The smallest absolute Gasteiger partial charge is 0.348 e. The molecule has 0 spiro atoms. The molecule has 22 heavy (non-hydrogen) atoms. The summed E-state index contributed by atoms with van der Waals surface area (Å²) in [7, 11) is -3.70. The van der Waals surface area contributed by atoms with Gasteiger partial charge < -0.3 is 9.47 Å². The molecule has 2 rings (SSSR count). The van der Waals surface area contributed by atoms with Gasteiger partial charge in [-0.2, -0.15) is 0 Å². The molecule has 1 aliphatic heterocycles. The molecular weight excluding hydrogens is 315 g/mol. The van der Waals surface area contributed by atoms with Crippen LogP contribution in [0.2, 0.25) is 0 Å². The molecule has 0 saturated carbocycles. The molecule has 0 N–H and O–H groups in total. The van der Waals surface area contributed by atoms with Gasteiger partial charge >= 0.3 is 11.9 Å². The second-order valence-corrected chi connectivity index (χ2v) is 7.18. The van der Waals surface area contributed by atoms with Crippen LogP contribution in [0.5, 0.6) is 0 Å². The van der Waals surface area contributed by atoms with Crippen LogP contribution in [0.15, 0.2) is 28.7 Å². The van der Waals surface area contributed by atoms with Gasteiger partial charge in [0, 0.05) is 20.1 Å². The number of halogens is 1. The molecule has 1 aromatic rings. The maximum absolute atomic E-state index is 13.8. The topological polar surface area (TPSA) is 86.7 Å². The second-order valence-electron chi connectivity index (χ2n) is 5.20. The lowest BCUT2D eigenvalue weighted by molar-refractivity contribution is -0.222. The number of sulfone groups is 1. The van der Waals surface area contributed by atoms with E-state index in [0.29, 0.717) is 0 Å². The summed E-state index contributed by atoms with van der Waals surface area (Å²) in [6.45, 7) is 2.81. The fourth-order valence-corrected chi connectivity index (χ4v) is 2.58. The van der Waals surface area contributed by atoms with Crippen molar-refractivity contribution in [1.29, 1.82) is 0 Å². The van der Waals surface area contributed by atoms with Gasteiger partial charge in [0.1, 0.15) is 16.3 Å². The molecule has 1 aliphatic rings. The number of carbonyl (C=O) groups is 2. The molecule has 0 aliphatic carbocycles. The molecule has 0 atom stereocenters. The zero-order valence-electron chi connectivity index (χ0n) is 12.0. The summed E-state index contributed by atoms with van der Waals surface area (Å²) in [4.78, 5) is 23.0. The summed E-state index contributed by atoms with van der Waals surface area (Å²) < 4.78 is 46.2. The number of ether oxygens (including phenoxy) is 2. The van der Waals surface area contributed by atoms with Crippen LogP contribution in [-0.2, 0) is 28.9 Å². The zero-order valence-corrected chi connectivity index (χ0v) is 12.9. The van der Waals surface area contributed by atoms with E-state index in [1.807, 2.05) is 0 Å². The molecule has 0 unspecified atom stereocenters. The molecule has 6 nitrogen and oxygen atoms in total. The van der Waals surface area contributed by atoms with Crippen LogP contribution in [0.4, 0.5) is 4.39 Å². The zero-order chi connectivity index (χ0) is 16.7. The Hall–Kier alpha value is -2.22. The van der Waals surface area contributed by atoms with Crippen LogP contribution < -0.4 is 0 Å². The molecule has 0 radical (unpaired) electrons. The third-order valence-corrected chi connectivity index (χ3v) is 3.91. The molecule has 118 valence electrons. The average Bonchev–Trinajstić information content (AvgIpc) is 2.31. The molecule has 0 amide bonds. The Morgan fingerprint density at radius 2 is 1.68 bits per heavy atom. The van der Waals surface area contributed by atoms with E-state index in [4.69, 9.17) is 9.47 Å². The summed E-state index contributed by atoms with van der Waals surface area (Å²) in [6, 6.07) is 3.23. The van der Waals surface area contributed by atoms with Crippen molar-refractivity contribution in [3.05, 3.63) is 35.2 Å². The minimum Gasteiger partial charge on any atom is -0.419 e. The Labute approximate surface area is 126 Å². The molecule has 1 saturated heterocycles. The molecule has 1 aromatic carbocycles. The first-order chi connectivity index (χ1) is 9.99. The highest BCUT2D eigenvalue weighted by Gasteiger charge is 2.38. The molecule has 1 heterocycles. The summed E-state index contributed by atoms with van der Waals surface area (Å²) in [5.74, 6) is -4.13. The minimum atomic E-state index is -3.70. The quantitative estimate of drug-likeness (QED) is 0.464. The van der Waals surface area contributed by atoms with Crippen molar-refractivity contribution in [2.24, 2.45) is 0 Å². The minimum absolute atomic E-state index is 0.133. The lowest BCUT2D eigenvalue weighted by atomic mass is 10.1. The standard InChI is InChI=1S/C14H13FO6S/c1-14(2)20-12(16)9(13(17)21-14)6-8-4-5-11(10(15)7-8)22(3,18)19/h4-7H,1-3H3. The van der Waals surface area contributed by atoms with Crippen molar-refractivity contribution >= 4 is 27.9 Å². The van der Waals surface area contributed by atoms with E-state index in [1.165, 1.54) is 19.9 Å². The van der Waals surface area contributed by atoms with Gasteiger partial charge in [0.2, 0.25) is 0 Å². The third-order valence-electron chi connectivity index (χ3n) is 2.78. The van der Waals surface area contributed by atoms with Gasteiger partial charge in [-0.1, -0.05) is 6.07 Å². The first-order valence-corrected chi connectivity index (χ1v) is 8.07. The van der Waals surface area contributed by atoms with Crippen molar-refractivity contribution in [2.45, 2.75) is 24.5 Å². The summed E-state index contributed by atoms with van der Waals surface area (Å²) in [5.41, 5.74) is -0.265. The predicted octanol–water partition coefficient (Wildman–Crippen LogP) is 1.45. The van der Waals surface area contributed by atoms with Gasteiger partial charge in [-0.05, 0) is 23.8 Å². The molecule has 0 aromatic heterocycles. The maximum Gasteiger partial charge on any atom is 0.348 e. The van der Waals surface area contributed by atoms with Gasteiger partial charge in [0.15, 0.2) is 9.84 Å². The first-order valence-electron chi connectivity index (χ1n) is 6.17. The highest BCUT2D eigenvalue weighted by molar-refractivity contribution is 7.90. The van der Waals surface area contributed by atoms with Gasteiger partial charge in [-0.3, -0.25) is 0 Å². The number of cyclic esters (lactones) is 2. The van der Waals surface area contributed by atoms with Crippen LogP contribution in [0.25, 0.3) is 6.08 Å². The van der Waals surface area contributed by atoms with Crippen LogP contribution in [0.1, 0.15) is 19.4 Å². The lowest BCUT2D eigenvalue weighted by Crippen LogP contribution is -2.41. The number of benzene rings is 1. The van der Waals surface area contributed by atoms with Gasteiger partial charge in [0.05, 0.1) is 0 Å². The monoisotopic (exact) mass is 328 g/mol. The van der Waals surface area contributed by atoms with E-state index >= 15 is 0 Å². The van der Waals surface area contributed by atoms with E-state index in [-0.39, 0.29) is 5.56 Å². The number of carbonyl (C=O) groups excluding carboxylic acids is 2. The summed E-state index contributed by atoms with van der Waals surface area (Å²) >= 11 is 0. The Bertz CT molecular complexity index is 770. The van der Waals surface area contributed by atoms with E-state index in [1.54, 1.807) is 0 Å². The van der Waals surface area contributed by atoms with Gasteiger partial charge in [-0.15, -0.1) is 0 Å². The number of rotatable bonds is 2. The summed E-state index contributed by atoms with van der Waals surface area (Å²) in [5, 5.41) is 0. The second kappa shape index (κ2) is 5.20. The maximum atomic E-state index is 13.8. The Morgan fingerprint density at radius 1 is 1.14 bits per heavy atom. The normalized spacial score (nSPS) is 17.7. The SMILES string of the molecule is CC1(C)OC(=O)C(=Cc2ccc(S(C)(=O)=O)c(F)c2)C(=O)O1. The largest absolute Gasteiger partial charge is 0.419 e. The van der Waals surface area contributed by atoms with Crippen molar-refractivity contribution in [1.82, 2.24) is 0 Å². The van der Waals surface area contributed by atoms with Crippen molar-refractivity contribution in [3.8, 4) is 0 Å². The number of esters is 2. The predicted molar refractivity (Wildman–Crippen MR) is 73.7 cm³/mol. The number of hydrogen-bond donors (Lipinski definition) is 0. The van der Waals surface area contributed by atoms with Crippen molar-refractivity contribution in [2.75, 3.05) is 6.26 Å². The van der Waals surface area contributed by atoms with E-state index in [9.17, 15) is 22.4 Å². The molecule has 0 bridgehead atoms. The average molecular weight is 328 g/mol. The van der Waals surface area contributed by atoms with E-state index in [0.717, 1.165) is 24.5 Å². The molecule has 8 heteroatoms. The van der Waals surface area contributed by atoms with Crippen molar-refractivity contribution in [3.63, 3.8) is 0 Å². The van der Waals surface area contributed by atoms with Crippen molar-refractivity contribution < 1.29 is 31.9 Å². The van der Waals surface area contributed by atoms with Crippen LogP contribution in [0, 0.1) is 5.82 Å². The Morgan fingerprint density at radius 3 is 2.14 bits per heavy atom. The van der Waals surface area contributed by atoms with Crippen LogP contribution in [-0.4, -0.2) is 32.4 Å². The van der Waals surface area contributed by atoms with Gasteiger partial charge in [-0.25, -0.2) is 22.4 Å². The van der Waals surface area contributed by atoms with E-state index in [2.05, 4.69) is 0 Å². The van der Waals surface area contributed by atoms with Gasteiger partial charge in [0.25, 0.3) is 5.79 Å². The number of hydrogen-bond acceptors (Lipinski definition) is 6. The van der Waals surface area contributed by atoms with Crippen LogP contribution in [0.3, 0.4) is 0 Å². The van der Waals surface area contributed by atoms with Crippen LogP contribution >= 0.6 is 0 Å². The first kappa shape index (κ1) is 16.2. The Balaban J connectivity index is 2.40. The van der Waals surface area contributed by atoms with E-state index < -0.39 is 43.8 Å². The fraction of sp³-hybridized carbons (Fsp3) is 0.286. The highest BCUT2D eigenvalue weighted by atomic mass is 32.2. The lowest BCUT2D eigenvalue weighted by Gasteiger charge is -2.29. The molecule has 1 fully saturated rings. The third kappa shape index (κ3) is 3.33. The Kier molecular flexibility index (Phi) is 3.82.